The molecule has 0 radical (unpaired) electrons. The summed E-state index contributed by atoms with van der Waals surface area (Å²) in [6.45, 7) is 0. The van der Waals surface area contributed by atoms with Gasteiger partial charge in [-0.25, -0.2) is 8.78 Å². The lowest BCUT2D eigenvalue weighted by molar-refractivity contribution is 0.497. The van der Waals surface area contributed by atoms with Crippen LogP contribution >= 0.6 is 43.6 Å². The molecule has 2 rings (SSSR count). The van der Waals surface area contributed by atoms with Crippen molar-refractivity contribution in [1.29, 1.82) is 0 Å². The first-order valence-electron chi connectivity index (χ1n) is 6.01. The molecule has 0 saturated carbocycles. The number of thioether (sulfide) groups is 1. The monoisotopic (exact) mass is 436 g/mol. The van der Waals surface area contributed by atoms with Gasteiger partial charge in [0.15, 0.2) is 0 Å². The van der Waals surface area contributed by atoms with Crippen molar-refractivity contribution in [3.05, 3.63) is 62.5 Å². The highest BCUT2D eigenvalue weighted by Crippen LogP contribution is 2.33. The molecule has 0 spiro atoms. The zero-order valence-corrected chi connectivity index (χ0v) is 14.7. The summed E-state index contributed by atoms with van der Waals surface area (Å²) in [5.41, 5.74) is 2.42. The molecule has 1 atom stereocenters. The normalized spacial score (nSPS) is 12.4. The third-order valence-electron chi connectivity index (χ3n) is 2.87. The lowest BCUT2D eigenvalue weighted by atomic mass is 10.1. The van der Waals surface area contributed by atoms with Gasteiger partial charge < -0.3 is 0 Å². The number of rotatable bonds is 5. The van der Waals surface area contributed by atoms with Crippen LogP contribution in [-0.2, 0) is 0 Å². The number of nitrogens with two attached hydrogens (primary N) is 1. The van der Waals surface area contributed by atoms with Crippen molar-refractivity contribution in [3.8, 4) is 0 Å². The Labute approximate surface area is 142 Å². The molecule has 2 aromatic rings. The number of hydrogen-bond donors (Lipinski definition) is 2. The number of hydrogen-bond acceptors (Lipinski definition) is 3. The van der Waals surface area contributed by atoms with E-state index in [2.05, 4.69) is 37.3 Å². The van der Waals surface area contributed by atoms with E-state index in [0.29, 0.717) is 5.75 Å². The SMILES string of the molecule is NNC(CSc1ccccc1Br)c1c(F)ccc(Br)c1F. The van der Waals surface area contributed by atoms with E-state index in [-0.39, 0.29) is 10.0 Å². The summed E-state index contributed by atoms with van der Waals surface area (Å²) in [5, 5.41) is 0. The summed E-state index contributed by atoms with van der Waals surface area (Å²) in [6.07, 6.45) is 0. The summed E-state index contributed by atoms with van der Waals surface area (Å²) < 4.78 is 29.1. The molecule has 0 bridgehead atoms. The first kappa shape index (κ1) is 16.9. The minimum absolute atomic E-state index is 0.0635. The van der Waals surface area contributed by atoms with Gasteiger partial charge in [0.1, 0.15) is 11.6 Å². The van der Waals surface area contributed by atoms with E-state index in [1.165, 1.54) is 23.9 Å². The molecule has 0 aliphatic carbocycles. The molecule has 0 aliphatic heterocycles. The molecule has 21 heavy (non-hydrogen) atoms. The zero-order valence-electron chi connectivity index (χ0n) is 10.7. The Morgan fingerprint density at radius 3 is 2.48 bits per heavy atom. The van der Waals surface area contributed by atoms with Crippen molar-refractivity contribution in [1.82, 2.24) is 5.43 Å². The second-order valence-electron chi connectivity index (χ2n) is 4.22. The van der Waals surface area contributed by atoms with Gasteiger partial charge >= 0.3 is 0 Å². The van der Waals surface area contributed by atoms with Crippen LogP contribution in [0.1, 0.15) is 11.6 Å². The number of hydrazine groups is 1. The van der Waals surface area contributed by atoms with Crippen LogP contribution in [0, 0.1) is 11.6 Å². The Morgan fingerprint density at radius 1 is 1.10 bits per heavy atom. The predicted octanol–water partition coefficient (Wildman–Crippen LogP) is 4.79. The minimum Gasteiger partial charge on any atom is -0.271 e. The summed E-state index contributed by atoms with van der Waals surface area (Å²) >= 11 is 7.96. The van der Waals surface area contributed by atoms with Gasteiger partial charge in [0.25, 0.3) is 0 Å². The summed E-state index contributed by atoms with van der Waals surface area (Å²) in [4.78, 5) is 0.980. The molecule has 0 amide bonds. The van der Waals surface area contributed by atoms with Crippen molar-refractivity contribution >= 4 is 43.6 Å². The van der Waals surface area contributed by atoms with Crippen LogP contribution in [0.25, 0.3) is 0 Å². The van der Waals surface area contributed by atoms with Crippen LogP contribution in [0.5, 0.6) is 0 Å². The Kier molecular flexibility index (Phi) is 6.19. The molecular formula is C14H12Br2F2N2S. The average Bonchev–Trinajstić information content (AvgIpc) is 2.48. The van der Waals surface area contributed by atoms with Crippen LogP contribution in [-0.4, -0.2) is 5.75 Å². The van der Waals surface area contributed by atoms with Gasteiger partial charge in [-0.15, -0.1) is 11.8 Å². The van der Waals surface area contributed by atoms with E-state index < -0.39 is 17.7 Å². The molecule has 2 aromatic carbocycles. The van der Waals surface area contributed by atoms with Gasteiger partial charge in [0.05, 0.1) is 10.5 Å². The van der Waals surface area contributed by atoms with Crippen molar-refractivity contribution < 1.29 is 8.78 Å². The zero-order chi connectivity index (χ0) is 15.4. The second-order valence-corrected chi connectivity index (χ2v) is 6.99. The molecule has 0 saturated heterocycles. The van der Waals surface area contributed by atoms with E-state index in [1.807, 2.05) is 24.3 Å². The molecule has 3 N–H and O–H groups in total. The van der Waals surface area contributed by atoms with E-state index in [0.717, 1.165) is 9.37 Å². The third-order valence-corrected chi connectivity index (χ3v) is 5.60. The summed E-state index contributed by atoms with van der Waals surface area (Å²) in [6, 6.07) is 9.56. The summed E-state index contributed by atoms with van der Waals surface area (Å²) in [5.74, 6) is 4.61. The smallest absolute Gasteiger partial charge is 0.145 e. The maximum atomic E-state index is 14.1. The van der Waals surface area contributed by atoms with Gasteiger partial charge in [-0.3, -0.25) is 11.3 Å². The maximum Gasteiger partial charge on any atom is 0.145 e. The van der Waals surface area contributed by atoms with Crippen LogP contribution < -0.4 is 11.3 Å². The van der Waals surface area contributed by atoms with Gasteiger partial charge in [-0.1, -0.05) is 12.1 Å². The Balaban J connectivity index is 2.22. The maximum absolute atomic E-state index is 14.1. The average molecular weight is 438 g/mol. The van der Waals surface area contributed by atoms with Crippen LogP contribution in [0.2, 0.25) is 0 Å². The number of nitrogens with one attached hydrogen (secondary N) is 1. The fourth-order valence-corrected chi connectivity index (χ4v) is 3.78. The highest BCUT2D eigenvalue weighted by Gasteiger charge is 2.21. The lowest BCUT2D eigenvalue weighted by Gasteiger charge is -2.18. The molecule has 0 heterocycles. The van der Waals surface area contributed by atoms with E-state index in [1.54, 1.807) is 0 Å². The molecule has 7 heteroatoms. The fourth-order valence-electron chi connectivity index (χ4n) is 1.81. The standard InChI is InChI=1S/C14H12Br2F2N2S/c15-8-3-1-2-4-12(8)21-7-11(20-19)13-10(17)6-5-9(16)14(13)18/h1-6,11,20H,7,19H2. The van der Waals surface area contributed by atoms with E-state index in [9.17, 15) is 8.78 Å². The Hall–Kier alpha value is -0.470. The van der Waals surface area contributed by atoms with Crippen molar-refractivity contribution in [2.24, 2.45) is 5.84 Å². The largest absolute Gasteiger partial charge is 0.271 e. The Bertz CT molecular complexity index is 640. The molecule has 0 aromatic heterocycles. The second kappa shape index (κ2) is 7.69. The first-order chi connectivity index (χ1) is 10.0. The van der Waals surface area contributed by atoms with Crippen molar-refractivity contribution in [3.63, 3.8) is 0 Å². The van der Waals surface area contributed by atoms with Gasteiger partial charge in [-0.05, 0) is 56.1 Å². The van der Waals surface area contributed by atoms with Crippen LogP contribution in [0.3, 0.4) is 0 Å². The van der Waals surface area contributed by atoms with Gasteiger partial charge in [0.2, 0.25) is 0 Å². The van der Waals surface area contributed by atoms with Crippen molar-refractivity contribution in [2.75, 3.05) is 5.75 Å². The topological polar surface area (TPSA) is 38.0 Å². The third kappa shape index (κ3) is 4.04. The van der Waals surface area contributed by atoms with Crippen LogP contribution in [0.4, 0.5) is 8.78 Å². The number of benzene rings is 2. The Morgan fingerprint density at radius 2 is 1.81 bits per heavy atom. The van der Waals surface area contributed by atoms with Gasteiger partial charge in [-0.2, -0.15) is 0 Å². The number of halogens is 4. The lowest BCUT2D eigenvalue weighted by Crippen LogP contribution is -2.31. The first-order valence-corrected chi connectivity index (χ1v) is 8.58. The quantitative estimate of drug-likeness (QED) is 0.305. The molecule has 112 valence electrons. The van der Waals surface area contributed by atoms with Gasteiger partial charge in [0, 0.05) is 20.7 Å². The molecule has 0 aliphatic rings. The molecule has 1 unspecified atom stereocenters. The summed E-state index contributed by atoms with van der Waals surface area (Å²) in [7, 11) is 0. The molecule has 2 nitrogen and oxygen atoms in total. The molecular weight excluding hydrogens is 426 g/mol. The van der Waals surface area contributed by atoms with Crippen molar-refractivity contribution in [2.45, 2.75) is 10.9 Å². The fraction of sp³-hybridized carbons (Fsp3) is 0.143. The predicted molar refractivity (Wildman–Crippen MR) is 89.0 cm³/mol. The highest BCUT2D eigenvalue weighted by molar-refractivity contribution is 9.10. The molecule has 0 fully saturated rings. The highest BCUT2D eigenvalue weighted by atomic mass is 79.9. The minimum atomic E-state index is -0.639. The van der Waals surface area contributed by atoms with E-state index in [4.69, 9.17) is 5.84 Å². The van der Waals surface area contributed by atoms with Crippen LogP contribution in [0.15, 0.2) is 50.2 Å². The van der Waals surface area contributed by atoms with E-state index >= 15 is 0 Å².